The number of halogens is 1. The number of rotatable bonds is 6. The van der Waals surface area contributed by atoms with Gasteiger partial charge in [-0.2, -0.15) is 0 Å². The van der Waals surface area contributed by atoms with E-state index in [-0.39, 0.29) is 0 Å². The minimum Gasteiger partial charge on any atom is -0.341 e. The monoisotopic (exact) mass is 452 g/mol. The van der Waals surface area contributed by atoms with Crippen LogP contribution in [0.5, 0.6) is 0 Å². The van der Waals surface area contributed by atoms with Crippen molar-refractivity contribution in [2.75, 3.05) is 44.2 Å². The van der Waals surface area contributed by atoms with Crippen LogP contribution in [0, 0.1) is 4.77 Å². The predicted octanol–water partition coefficient (Wildman–Crippen LogP) is 4.23. The summed E-state index contributed by atoms with van der Waals surface area (Å²) in [5.74, 6) is 1.12. The maximum Gasteiger partial charge on any atom is 0.226 e. The quantitative estimate of drug-likeness (QED) is 0.612. The van der Waals surface area contributed by atoms with Crippen LogP contribution in [0.1, 0.15) is 43.0 Å². The lowest BCUT2D eigenvalue weighted by Gasteiger charge is -2.34. The van der Waals surface area contributed by atoms with Gasteiger partial charge in [-0.25, -0.2) is 4.68 Å². The first-order chi connectivity index (χ1) is 14.2. The Labute approximate surface area is 186 Å². The first-order valence-corrected chi connectivity index (χ1v) is 12.4. The van der Waals surface area contributed by atoms with Gasteiger partial charge in [0.2, 0.25) is 10.7 Å². The molecule has 2 aromatic rings. The average molecular weight is 453 g/mol. The van der Waals surface area contributed by atoms with Crippen LogP contribution in [0.25, 0.3) is 0 Å². The summed E-state index contributed by atoms with van der Waals surface area (Å²) in [6.45, 7) is 8.29. The van der Waals surface area contributed by atoms with Gasteiger partial charge in [-0.15, -0.1) is 16.4 Å². The molecule has 9 heteroatoms. The van der Waals surface area contributed by atoms with Gasteiger partial charge in [0.25, 0.3) is 0 Å². The lowest BCUT2D eigenvalue weighted by molar-refractivity contribution is 0.0986. The Balaban J connectivity index is 1.23. The maximum absolute atomic E-state index is 6.07. The van der Waals surface area contributed by atoms with Crippen LogP contribution in [0.15, 0.2) is 12.1 Å². The van der Waals surface area contributed by atoms with E-state index in [2.05, 4.69) is 30.0 Å². The van der Waals surface area contributed by atoms with Crippen molar-refractivity contribution in [3.63, 3.8) is 0 Å². The molecule has 3 fully saturated rings. The standard InChI is InChI=1S/C20H29ClN6S2/c21-18-7-6-17(29-18)14-23-10-12-24(13-11-23)15-26-20(28)27(16-4-5-16)19(22-26)25-8-2-1-3-9-25/h6-7,16H,1-5,8-15H2. The van der Waals surface area contributed by atoms with Crippen LogP contribution in [0.4, 0.5) is 5.95 Å². The second-order valence-electron chi connectivity index (χ2n) is 8.47. The van der Waals surface area contributed by atoms with Gasteiger partial charge in [0, 0.05) is 56.7 Å². The largest absolute Gasteiger partial charge is 0.341 e. The molecule has 0 spiro atoms. The summed E-state index contributed by atoms with van der Waals surface area (Å²) < 4.78 is 6.21. The van der Waals surface area contributed by atoms with Crippen molar-refractivity contribution in [3.8, 4) is 0 Å². The highest BCUT2D eigenvalue weighted by atomic mass is 35.5. The predicted molar refractivity (Wildman–Crippen MR) is 122 cm³/mol. The van der Waals surface area contributed by atoms with Crippen LogP contribution >= 0.6 is 35.2 Å². The lowest BCUT2D eigenvalue weighted by Crippen LogP contribution is -2.46. The molecule has 0 bridgehead atoms. The van der Waals surface area contributed by atoms with Gasteiger partial charge < -0.3 is 4.90 Å². The molecule has 158 valence electrons. The molecule has 5 rings (SSSR count). The van der Waals surface area contributed by atoms with Crippen molar-refractivity contribution in [2.45, 2.75) is 51.4 Å². The molecular weight excluding hydrogens is 424 g/mol. The number of piperazine rings is 1. The van der Waals surface area contributed by atoms with E-state index in [0.29, 0.717) is 6.04 Å². The SMILES string of the molecule is S=c1n(CN2CCN(Cc3ccc(Cl)s3)CC2)nc(N2CCCCC2)n1C1CC1. The highest BCUT2D eigenvalue weighted by Crippen LogP contribution is 2.38. The zero-order valence-corrected chi connectivity index (χ0v) is 19.2. The average Bonchev–Trinajstić information content (AvgIpc) is 3.41. The Kier molecular flexibility index (Phi) is 5.98. The highest BCUT2D eigenvalue weighted by Gasteiger charge is 2.31. The molecule has 0 amide bonds. The molecule has 3 aliphatic rings. The van der Waals surface area contributed by atoms with Gasteiger partial charge >= 0.3 is 0 Å². The van der Waals surface area contributed by atoms with Crippen LogP contribution in [0.2, 0.25) is 4.34 Å². The van der Waals surface area contributed by atoms with Crippen LogP contribution in [-0.4, -0.2) is 63.4 Å². The molecule has 4 heterocycles. The molecule has 0 aromatic carbocycles. The molecule has 29 heavy (non-hydrogen) atoms. The minimum absolute atomic E-state index is 0.572. The number of nitrogens with zero attached hydrogens (tertiary/aromatic N) is 6. The third kappa shape index (κ3) is 4.56. The Morgan fingerprint density at radius 3 is 2.38 bits per heavy atom. The minimum atomic E-state index is 0.572. The van der Waals surface area contributed by atoms with Crippen LogP contribution in [0.3, 0.4) is 0 Å². The maximum atomic E-state index is 6.07. The normalized spacial score (nSPS) is 21.8. The van der Waals surface area contributed by atoms with Gasteiger partial charge in [-0.3, -0.25) is 14.4 Å². The third-order valence-corrected chi connectivity index (χ3v) is 7.83. The van der Waals surface area contributed by atoms with Crippen LogP contribution in [-0.2, 0) is 13.2 Å². The molecule has 0 atom stereocenters. The lowest BCUT2D eigenvalue weighted by atomic mass is 10.1. The van der Waals surface area contributed by atoms with Gasteiger partial charge in [0.05, 0.1) is 11.0 Å². The van der Waals surface area contributed by atoms with Crippen molar-refractivity contribution in [1.29, 1.82) is 0 Å². The summed E-state index contributed by atoms with van der Waals surface area (Å²) in [4.78, 5) is 8.80. The van der Waals surface area contributed by atoms with E-state index in [9.17, 15) is 0 Å². The van der Waals surface area contributed by atoms with Crippen molar-refractivity contribution < 1.29 is 0 Å². The van der Waals surface area contributed by atoms with Crippen molar-refractivity contribution >= 4 is 41.1 Å². The summed E-state index contributed by atoms with van der Waals surface area (Å²) >= 11 is 13.6. The van der Waals surface area contributed by atoms with E-state index in [1.807, 2.05) is 6.07 Å². The summed E-state index contributed by atoms with van der Waals surface area (Å²) in [5.41, 5.74) is 0. The molecule has 0 unspecified atom stereocenters. The molecule has 2 aromatic heterocycles. The Morgan fingerprint density at radius 1 is 1.00 bits per heavy atom. The number of aromatic nitrogens is 3. The highest BCUT2D eigenvalue weighted by molar-refractivity contribution is 7.71. The Hall–Kier alpha value is -0.930. The molecule has 1 aliphatic carbocycles. The number of thiophene rings is 1. The molecule has 6 nitrogen and oxygen atoms in total. The van der Waals surface area contributed by atoms with E-state index in [0.717, 1.165) is 67.5 Å². The first kappa shape index (κ1) is 20.0. The first-order valence-electron chi connectivity index (χ1n) is 10.8. The summed E-state index contributed by atoms with van der Waals surface area (Å²) in [6, 6.07) is 4.71. The number of anilines is 1. The van der Waals surface area contributed by atoms with Gasteiger partial charge in [0.15, 0.2) is 0 Å². The number of piperidine rings is 1. The topological polar surface area (TPSA) is 32.5 Å². The van der Waals surface area contributed by atoms with Gasteiger partial charge in [-0.05, 0) is 56.5 Å². The second kappa shape index (κ2) is 8.67. The molecule has 2 saturated heterocycles. The fourth-order valence-corrected chi connectivity index (χ4v) is 5.86. The van der Waals surface area contributed by atoms with Gasteiger partial charge in [-0.1, -0.05) is 11.6 Å². The van der Waals surface area contributed by atoms with E-state index in [4.69, 9.17) is 28.9 Å². The summed E-state index contributed by atoms with van der Waals surface area (Å²) in [6.07, 6.45) is 6.35. The molecule has 2 aliphatic heterocycles. The number of hydrogen-bond donors (Lipinski definition) is 0. The van der Waals surface area contributed by atoms with Crippen molar-refractivity contribution in [1.82, 2.24) is 24.1 Å². The van der Waals surface area contributed by atoms with E-state index in [1.54, 1.807) is 11.3 Å². The molecular formula is C20H29ClN6S2. The van der Waals surface area contributed by atoms with Crippen molar-refractivity contribution in [2.24, 2.45) is 0 Å². The Bertz CT molecular complexity index is 887. The van der Waals surface area contributed by atoms with E-state index < -0.39 is 0 Å². The van der Waals surface area contributed by atoms with Gasteiger partial charge in [0.1, 0.15) is 0 Å². The zero-order valence-electron chi connectivity index (χ0n) is 16.8. The van der Waals surface area contributed by atoms with Crippen LogP contribution < -0.4 is 4.90 Å². The summed E-state index contributed by atoms with van der Waals surface area (Å²) in [5, 5.41) is 5.01. The van der Waals surface area contributed by atoms with E-state index in [1.165, 1.54) is 37.0 Å². The Morgan fingerprint density at radius 2 is 1.72 bits per heavy atom. The fourth-order valence-electron chi connectivity index (χ4n) is 4.40. The number of hydrogen-bond acceptors (Lipinski definition) is 6. The summed E-state index contributed by atoms with van der Waals surface area (Å²) in [7, 11) is 0. The fraction of sp³-hybridized carbons (Fsp3) is 0.700. The second-order valence-corrected chi connectivity index (χ2v) is 10.6. The van der Waals surface area contributed by atoms with Crippen molar-refractivity contribution in [3.05, 3.63) is 26.1 Å². The zero-order chi connectivity index (χ0) is 19.8. The smallest absolute Gasteiger partial charge is 0.226 e. The molecule has 0 radical (unpaired) electrons. The molecule has 1 saturated carbocycles. The third-order valence-electron chi connectivity index (χ3n) is 6.21. The van der Waals surface area contributed by atoms with E-state index >= 15 is 0 Å². The molecule has 0 N–H and O–H groups in total.